The second-order valence-corrected chi connectivity index (χ2v) is 4.91. The molecule has 0 aliphatic carbocycles. The van der Waals surface area contributed by atoms with Crippen molar-refractivity contribution in [1.82, 2.24) is 0 Å². The van der Waals surface area contributed by atoms with Gasteiger partial charge in [0.2, 0.25) is 0 Å². The van der Waals surface area contributed by atoms with Crippen molar-refractivity contribution in [3.05, 3.63) is 48.6 Å². The largest absolute Gasteiger partial charge is 0.479 e. The Bertz CT molecular complexity index is 378. The molecule has 0 aromatic carbocycles. The maximum Gasteiger partial charge on any atom is 0.332 e. The number of hydrogen-bond donors (Lipinski definition) is 1. The lowest BCUT2D eigenvalue weighted by Crippen LogP contribution is -2.22. The van der Waals surface area contributed by atoms with Crippen molar-refractivity contribution in [3.8, 4) is 0 Å². The van der Waals surface area contributed by atoms with E-state index in [1.807, 2.05) is 19.1 Å². The number of unbranched alkanes of at least 4 members (excludes halogenated alkanes) is 1. The van der Waals surface area contributed by atoms with Gasteiger partial charge in [-0.2, -0.15) is 0 Å². The molecular weight excluding hydrogens is 276 g/mol. The zero-order valence-electron chi connectivity index (χ0n) is 13.9. The molecule has 0 aliphatic rings. The van der Waals surface area contributed by atoms with Gasteiger partial charge in [-0.1, -0.05) is 62.5 Å². The number of aliphatic carboxylic acids is 1. The van der Waals surface area contributed by atoms with Gasteiger partial charge in [-0.25, -0.2) is 4.79 Å². The first kappa shape index (κ1) is 20.4. The average molecular weight is 306 g/mol. The monoisotopic (exact) mass is 306 g/mol. The SMILES string of the molecule is CCC=CCC=CCC=CCCC=CCOC(CC)C(=O)O. The van der Waals surface area contributed by atoms with Crippen LogP contribution in [-0.4, -0.2) is 23.8 Å². The molecule has 0 spiro atoms. The number of carboxylic acid groups (broad SMARTS) is 1. The van der Waals surface area contributed by atoms with Crippen LogP contribution in [0.5, 0.6) is 0 Å². The van der Waals surface area contributed by atoms with Crippen molar-refractivity contribution in [3.63, 3.8) is 0 Å². The van der Waals surface area contributed by atoms with Gasteiger partial charge in [-0.05, 0) is 38.5 Å². The highest BCUT2D eigenvalue weighted by molar-refractivity contribution is 5.72. The van der Waals surface area contributed by atoms with Crippen molar-refractivity contribution in [2.45, 2.75) is 58.5 Å². The Morgan fingerprint density at radius 1 is 0.909 bits per heavy atom. The first-order chi connectivity index (χ1) is 10.7. The summed E-state index contributed by atoms with van der Waals surface area (Å²) in [6.45, 7) is 4.31. The molecule has 0 saturated heterocycles. The third kappa shape index (κ3) is 13.4. The minimum Gasteiger partial charge on any atom is -0.479 e. The highest BCUT2D eigenvalue weighted by Gasteiger charge is 2.13. The molecule has 124 valence electrons. The molecule has 0 aromatic rings. The summed E-state index contributed by atoms with van der Waals surface area (Å²) in [5.74, 6) is -0.892. The Morgan fingerprint density at radius 3 is 2.00 bits per heavy atom. The lowest BCUT2D eigenvalue weighted by molar-refractivity contribution is -0.149. The molecule has 1 N–H and O–H groups in total. The minimum absolute atomic E-state index is 0.364. The van der Waals surface area contributed by atoms with E-state index in [4.69, 9.17) is 9.84 Å². The maximum atomic E-state index is 10.7. The molecule has 0 saturated carbocycles. The summed E-state index contributed by atoms with van der Waals surface area (Å²) in [6, 6.07) is 0. The molecule has 0 fully saturated rings. The minimum atomic E-state index is -0.892. The summed E-state index contributed by atoms with van der Waals surface area (Å²) < 4.78 is 5.23. The normalized spacial score (nSPS) is 13.9. The molecule has 0 rings (SSSR count). The molecule has 0 amide bonds. The fourth-order valence-corrected chi connectivity index (χ4v) is 1.74. The number of carboxylic acids is 1. The van der Waals surface area contributed by atoms with Gasteiger partial charge in [0.25, 0.3) is 0 Å². The van der Waals surface area contributed by atoms with E-state index in [9.17, 15) is 4.79 Å². The summed E-state index contributed by atoms with van der Waals surface area (Å²) >= 11 is 0. The van der Waals surface area contributed by atoms with Gasteiger partial charge < -0.3 is 9.84 Å². The van der Waals surface area contributed by atoms with E-state index < -0.39 is 12.1 Å². The van der Waals surface area contributed by atoms with Crippen molar-refractivity contribution in [2.75, 3.05) is 6.61 Å². The molecular formula is C19H30O3. The molecule has 1 unspecified atom stereocenters. The van der Waals surface area contributed by atoms with Crippen LogP contribution < -0.4 is 0 Å². The van der Waals surface area contributed by atoms with E-state index in [0.29, 0.717) is 13.0 Å². The number of ether oxygens (including phenoxy) is 1. The van der Waals surface area contributed by atoms with Gasteiger partial charge in [-0.15, -0.1) is 0 Å². The highest BCUT2D eigenvalue weighted by atomic mass is 16.5. The van der Waals surface area contributed by atoms with Crippen molar-refractivity contribution < 1.29 is 14.6 Å². The van der Waals surface area contributed by atoms with Crippen LogP contribution in [-0.2, 0) is 9.53 Å². The van der Waals surface area contributed by atoms with Crippen LogP contribution in [0.4, 0.5) is 0 Å². The zero-order chi connectivity index (χ0) is 16.5. The average Bonchev–Trinajstić information content (AvgIpc) is 2.51. The fourth-order valence-electron chi connectivity index (χ4n) is 1.74. The summed E-state index contributed by atoms with van der Waals surface area (Å²) in [6.07, 6.45) is 21.8. The Labute approximate surface area is 135 Å². The van der Waals surface area contributed by atoms with Crippen molar-refractivity contribution >= 4 is 5.97 Å². The van der Waals surface area contributed by atoms with Gasteiger partial charge in [0, 0.05) is 0 Å². The van der Waals surface area contributed by atoms with Gasteiger partial charge >= 0.3 is 5.97 Å². The predicted octanol–water partition coefficient (Wildman–Crippen LogP) is 5.06. The van der Waals surface area contributed by atoms with Crippen LogP contribution in [0.15, 0.2) is 48.6 Å². The quantitative estimate of drug-likeness (QED) is 0.382. The molecule has 0 heterocycles. The first-order valence-corrected chi connectivity index (χ1v) is 8.16. The molecule has 1 atom stereocenters. The van der Waals surface area contributed by atoms with Crippen molar-refractivity contribution in [2.24, 2.45) is 0 Å². The third-order valence-electron chi connectivity index (χ3n) is 2.99. The van der Waals surface area contributed by atoms with E-state index >= 15 is 0 Å². The number of allylic oxidation sites excluding steroid dienone is 7. The van der Waals surface area contributed by atoms with Crippen LogP contribution in [0.2, 0.25) is 0 Å². The van der Waals surface area contributed by atoms with Gasteiger partial charge in [0.05, 0.1) is 6.61 Å². The molecule has 3 nitrogen and oxygen atoms in total. The Hall–Kier alpha value is -1.61. The third-order valence-corrected chi connectivity index (χ3v) is 2.99. The smallest absolute Gasteiger partial charge is 0.332 e. The van der Waals surface area contributed by atoms with E-state index in [1.165, 1.54) is 0 Å². The second-order valence-electron chi connectivity index (χ2n) is 4.91. The Balaban J connectivity index is 3.55. The lowest BCUT2D eigenvalue weighted by atomic mass is 10.2. The number of rotatable bonds is 13. The van der Waals surface area contributed by atoms with Crippen LogP contribution in [0.3, 0.4) is 0 Å². The molecule has 0 bridgehead atoms. The predicted molar refractivity (Wildman–Crippen MR) is 93.0 cm³/mol. The van der Waals surface area contributed by atoms with Crippen LogP contribution >= 0.6 is 0 Å². The Morgan fingerprint density at radius 2 is 1.45 bits per heavy atom. The van der Waals surface area contributed by atoms with E-state index in [-0.39, 0.29) is 0 Å². The van der Waals surface area contributed by atoms with Crippen LogP contribution in [0.25, 0.3) is 0 Å². The van der Waals surface area contributed by atoms with E-state index in [1.54, 1.807) is 0 Å². The fraction of sp³-hybridized carbons (Fsp3) is 0.526. The summed E-state index contributed by atoms with van der Waals surface area (Å²) in [7, 11) is 0. The lowest BCUT2D eigenvalue weighted by Gasteiger charge is -2.08. The molecule has 0 radical (unpaired) electrons. The first-order valence-electron chi connectivity index (χ1n) is 8.16. The second kappa shape index (κ2) is 15.8. The van der Waals surface area contributed by atoms with Gasteiger partial charge in [0.15, 0.2) is 6.10 Å². The van der Waals surface area contributed by atoms with Gasteiger partial charge in [0.1, 0.15) is 0 Å². The molecule has 0 aromatic heterocycles. The topological polar surface area (TPSA) is 46.5 Å². The van der Waals surface area contributed by atoms with E-state index in [0.717, 1.165) is 32.1 Å². The molecule has 22 heavy (non-hydrogen) atoms. The summed E-state index contributed by atoms with van der Waals surface area (Å²) in [5, 5.41) is 8.81. The van der Waals surface area contributed by atoms with E-state index in [2.05, 4.69) is 43.4 Å². The number of hydrogen-bond acceptors (Lipinski definition) is 2. The maximum absolute atomic E-state index is 10.7. The van der Waals surface area contributed by atoms with Crippen LogP contribution in [0, 0.1) is 0 Å². The zero-order valence-corrected chi connectivity index (χ0v) is 13.9. The Kier molecular flexibility index (Phi) is 14.6. The summed E-state index contributed by atoms with van der Waals surface area (Å²) in [4.78, 5) is 10.7. The van der Waals surface area contributed by atoms with Gasteiger partial charge in [-0.3, -0.25) is 0 Å². The van der Waals surface area contributed by atoms with Crippen LogP contribution in [0.1, 0.15) is 52.4 Å². The molecule has 3 heteroatoms. The molecule has 0 aliphatic heterocycles. The highest BCUT2D eigenvalue weighted by Crippen LogP contribution is 2.00. The van der Waals surface area contributed by atoms with Crippen molar-refractivity contribution in [1.29, 1.82) is 0 Å². The standard InChI is InChI=1S/C19H30O3/c1-3-5-6-7-8-9-10-11-12-13-14-15-16-17-22-18(4-2)19(20)21/h5-6,8-9,11-12,15-16,18H,3-4,7,10,13-14,17H2,1-2H3,(H,20,21). The summed E-state index contributed by atoms with van der Waals surface area (Å²) in [5.41, 5.74) is 0. The number of carbonyl (C=O) groups is 1.